The lowest BCUT2D eigenvalue weighted by Crippen LogP contribution is -2.34. The van der Waals surface area contributed by atoms with Gasteiger partial charge in [0.1, 0.15) is 5.75 Å². The average Bonchev–Trinajstić information content (AvgIpc) is 3.01. The zero-order chi connectivity index (χ0) is 20.7. The molecule has 0 unspecified atom stereocenters. The number of methoxy groups -OCH3 is 1. The second-order valence-corrected chi connectivity index (χ2v) is 9.13. The molecule has 156 valence electrons. The Balaban J connectivity index is 1.56. The number of hydrogen-bond acceptors (Lipinski definition) is 4. The van der Waals surface area contributed by atoms with Crippen molar-refractivity contribution in [1.29, 1.82) is 0 Å². The van der Waals surface area contributed by atoms with Gasteiger partial charge < -0.3 is 10.1 Å². The molecule has 2 aromatic carbocycles. The van der Waals surface area contributed by atoms with Crippen LogP contribution >= 0.6 is 0 Å². The highest BCUT2D eigenvalue weighted by atomic mass is 32.2. The number of ether oxygens (including phenoxy) is 1. The maximum atomic E-state index is 12.5. The average molecular weight is 417 g/mol. The first kappa shape index (κ1) is 21.3. The summed E-state index contributed by atoms with van der Waals surface area (Å²) in [5, 5.41) is 3.12. The fourth-order valence-corrected chi connectivity index (χ4v) is 4.50. The zero-order valence-electron chi connectivity index (χ0n) is 16.7. The fraction of sp³-hybridized carbons (Fsp3) is 0.409. The summed E-state index contributed by atoms with van der Waals surface area (Å²) < 4.78 is 32.5. The maximum Gasteiger partial charge on any atom is 0.251 e. The molecule has 2 N–H and O–H groups in total. The van der Waals surface area contributed by atoms with E-state index in [0.29, 0.717) is 11.3 Å². The van der Waals surface area contributed by atoms with Crippen LogP contribution in [-0.4, -0.2) is 27.5 Å². The smallest absolute Gasteiger partial charge is 0.251 e. The van der Waals surface area contributed by atoms with E-state index < -0.39 is 10.0 Å². The van der Waals surface area contributed by atoms with Crippen molar-refractivity contribution in [1.82, 2.24) is 10.0 Å². The summed E-state index contributed by atoms with van der Waals surface area (Å²) in [5.74, 6) is 0.531. The molecule has 2 aromatic rings. The Hall–Kier alpha value is -2.38. The molecule has 7 heteroatoms. The van der Waals surface area contributed by atoms with Crippen LogP contribution in [0.25, 0.3) is 0 Å². The lowest BCUT2D eigenvalue weighted by molar-refractivity contribution is 0.0933. The van der Waals surface area contributed by atoms with Gasteiger partial charge in [-0.05, 0) is 54.8 Å². The molecule has 0 spiro atoms. The van der Waals surface area contributed by atoms with Gasteiger partial charge >= 0.3 is 0 Å². The van der Waals surface area contributed by atoms with E-state index >= 15 is 0 Å². The molecular weight excluding hydrogens is 388 g/mol. The molecule has 0 atom stereocenters. The summed E-state index contributed by atoms with van der Waals surface area (Å²) in [6, 6.07) is 13.5. The quantitative estimate of drug-likeness (QED) is 0.675. The van der Waals surface area contributed by atoms with Crippen molar-refractivity contribution in [2.45, 2.75) is 56.0 Å². The van der Waals surface area contributed by atoms with Crippen LogP contribution in [0.4, 0.5) is 0 Å². The molecule has 1 aliphatic rings. The lowest BCUT2D eigenvalue weighted by atomic mass is 10.1. The van der Waals surface area contributed by atoms with E-state index in [0.717, 1.165) is 31.2 Å². The predicted molar refractivity (Wildman–Crippen MR) is 112 cm³/mol. The normalized spacial score (nSPS) is 15.5. The van der Waals surface area contributed by atoms with E-state index in [1.54, 1.807) is 36.4 Å². The lowest BCUT2D eigenvalue weighted by Gasteiger charge is -2.16. The van der Waals surface area contributed by atoms with Crippen molar-refractivity contribution < 1.29 is 17.9 Å². The number of sulfonamides is 1. The molecule has 1 fully saturated rings. The van der Waals surface area contributed by atoms with E-state index in [2.05, 4.69) is 10.0 Å². The van der Waals surface area contributed by atoms with Crippen LogP contribution in [-0.2, 0) is 16.6 Å². The highest BCUT2D eigenvalue weighted by Gasteiger charge is 2.16. The third-order valence-electron chi connectivity index (χ3n) is 5.24. The number of hydrogen-bond donors (Lipinski definition) is 2. The topological polar surface area (TPSA) is 84.5 Å². The van der Waals surface area contributed by atoms with E-state index in [9.17, 15) is 13.2 Å². The molecule has 0 saturated heterocycles. The molecule has 0 radical (unpaired) electrons. The summed E-state index contributed by atoms with van der Waals surface area (Å²) in [5.41, 5.74) is 1.38. The summed E-state index contributed by atoms with van der Waals surface area (Å²) in [6.45, 7) is 0.152. The van der Waals surface area contributed by atoms with Crippen molar-refractivity contribution in [3.8, 4) is 5.75 Å². The largest absolute Gasteiger partial charge is 0.497 e. The number of carbonyl (C=O) groups excluding carboxylic acids is 1. The second kappa shape index (κ2) is 9.89. The Morgan fingerprint density at radius 2 is 1.59 bits per heavy atom. The highest BCUT2D eigenvalue weighted by Crippen LogP contribution is 2.18. The Morgan fingerprint density at radius 3 is 2.17 bits per heavy atom. The summed E-state index contributed by atoms with van der Waals surface area (Å²) >= 11 is 0. The molecule has 0 heterocycles. The Bertz CT molecular complexity index is 901. The minimum Gasteiger partial charge on any atom is -0.497 e. The van der Waals surface area contributed by atoms with Gasteiger partial charge in [-0.1, -0.05) is 37.8 Å². The van der Waals surface area contributed by atoms with Crippen LogP contribution in [0.1, 0.15) is 54.4 Å². The SMILES string of the molecule is COc1ccc(S(=O)(=O)NCc2ccc(C(=O)NC3CCCCCC3)cc2)cc1. The minimum absolute atomic E-state index is 0.0673. The van der Waals surface area contributed by atoms with Gasteiger partial charge in [0.2, 0.25) is 10.0 Å². The monoisotopic (exact) mass is 416 g/mol. The summed E-state index contributed by atoms with van der Waals surface area (Å²) in [6.07, 6.45) is 6.89. The van der Waals surface area contributed by atoms with Crippen LogP contribution in [0.2, 0.25) is 0 Å². The maximum absolute atomic E-state index is 12.5. The van der Waals surface area contributed by atoms with Gasteiger partial charge in [-0.3, -0.25) is 4.79 Å². The van der Waals surface area contributed by atoms with Crippen LogP contribution in [0.3, 0.4) is 0 Å². The van der Waals surface area contributed by atoms with E-state index in [1.807, 2.05) is 0 Å². The first-order valence-corrected chi connectivity index (χ1v) is 11.5. The van der Waals surface area contributed by atoms with Crippen molar-refractivity contribution in [3.05, 3.63) is 59.7 Å². The third-order valence-corrected chi connectivity index (χ3v) is 6.66. The van der Waals surface area contributed by atoms with Crippen LogP contribution in [0.5, 0.6) is 5.75 Å². The first-order chi connectivity index (χ1) is 14.0. The third kappa shape index (κ3) is 6.05. The summed E-state index contributed by atoms with van der Waals surface area (Å²) in [4.78, 5) is 12.6. The van der Waals surface area contributed by atoms with Gasteiger partial charge in [0.25, 0.3) is 5.91 Å². The molecule has 0 aliphatic heterocycles. The highest BCUT2D eigenvalue weighted by molar-refractivity contribution is 7.89. The Labute approximate surface area is 172 Å². The molecule has 29 heavy (non-hydrogen) atoms. The van der Waals surface area contributed by atoms with Gasteiger partial charge in [-0.25, -0.2) is 13.1 Å². The van der Waals surface area contributed by atoms with Gasteiger partial charge in [0, 0.05) is 18.2 Å². The van der Waals surface area contributed by atoms with E-state index in [4.69, 9.17) is 4.74 Å². The Kier molecular flexibility index (Phi) is 7.28. The standard InChI is InChI=1S/C22H28N2O4S/c1-28-20-12-14-21(15-13-20)29(26,27)23-16-17-8-10-18(11-9-17)22(25)24-19-6-4-2-3-5-7-19/h8-15,19,23H,2-7,16H2,1H3,(H,24,25). The van der Waals surface area contributed by atoms with E-state index in [1.165, 1.54) is 32.1 Å². The van der Waals surface area contributed by atoms with E-state index in [-0.39, 0.29) is 23.4 Å². The zero-order valence-corrected chi connectivity index (χ0v) is 17.5. The summed E-state index contributed by atoms with van der Waals surface area (Å²) in [7, 11) is -2.09. The van der Waals surface area contributed by atoms with Gasteiger partial charge in [0.05, 0.1) is 12.0 Å². The molecule has 6 nitrogen and oxygen atoms in total. The van der Waals surface area contributed by atoms with Crippen molar-refractivity contribution >= 4 is 15.9 Å². The second-order valence-electron chi connectivity index (χ2n) is 7.36. The van der Waals surface area contributed by atoms with Crippen molar-refractivity contribution in [3.63, 3.8) is 0 Å². The number of amides is 1. The van der Waals surface area contributed by atoms with Crippen LogP contribution in [0.15, 0.2) is 53.4 Å². The molecule has 1 saturated carbocycles. The molecule has 0 bridgehead atoms. The molecule has 3 rings (SSSR count). The van der Waals surface area contributed by atoms with Crippen LogP contribution < -0.4 is 14.8 Å². The molecule has 1 aliphatic carbocycles. The van der Waals surface area contributed by atoms with Crippen molar-refractivity contribution in [2.75, 3.05) is 7.11 Å². The molecule has 0 aromatic heterocycles. The molecular formula is C22H28N2O4S. The number of benzene rings is 2. The van der Waals surface area contributed by atoms with Crippen LogP contribution in [0, 0.1) is 0 Å². The number of rotatable bonds is 7. The van der Waals surface area contributed by atoms with Crippen molar-refractivity contribution in [2.24, 2.45) is 0 Å². The van der Waals surface area contributed by atoms with Gasteiger partial charge in [-0.2, -0.15) is 0 Å². The molecule has 1 amide bonds. The number of carbonyl (C=O) groups is 1. The predicted octanol–water partition coefficient (Wildman–Crippen LogP) is 3.63. The van der Waals surface area contributed by atoms with Gasteiger partial charge in [0.15, 0.2) is 0 Å². The minimum atomic E-state index is -3.62. The number of nitrogens with one attached hydrogen (secondary N) is 2. The van der Waals surface area contributed by atoms with Gasteiger partial charge in [-0.15, -0.1) is 0 Å². The fourth-order valence-electron chi connectivity index (χ4n) is 3.48. The Morgan fingerprint density at radius 1 is 0.966 bits per heavy atom. The first-order valence-electron chi connectivity index (χ1n) is 10.0.